The first kappa shape index (κ1) is 19.5. The minimum atomic E-state index is -4.44. The van der Waals surface area contributed by atoms with Crippen LogP contribution in [0.4, 0.5) is 13.2 Å². The largest absolute Gasteiger partial charge is 0.416 e. The van der Waals surface area contributed by atoms with Crippen LogP contribution in [-0.4, -0.2) is 25.5 Å². The Morgan fingerprint density at radius 3 is 2.45 bits per heavy atom. The lowest BCUT2D eigenvalue weighted by Crippen LogP contribution is -2.31. The summed E-state index contributed by atoms with van der Waals surface area (Å²) in [6.07, 6.45) is -4.44. The minimum Gasteiger partial charge on any atom is -0.351 e. The standard InChI is InChI=1S/C12H14F3IN2O.ClH/c1-2-17-3-4-18-11(19)8-5-9(12(13,14)15)7-10(16)6-8;/h5-7,17H,2-4H2,1H3,(H,18,19);1H. The van der Waals surface area contributed by atoms with Crippen molar-refractivity contribution in [3.63, 3.8) is 0 Å². The average Bonchev–Trinajstić information content (AvgIpc) is 2.32. The van der Waals surface area contributed by atoms with Gasteiger partial charge in [-0.15, -0.1) is 12.4 Å². The molecule has 0 fully saturated rings. The van der Waals surface area contributed by atoms with Crippen LogP contribution in [0.25, 0.3) is 0 Å². The smallest absolute Gasteiger partial charge is 0.351 e. The van der Waals surface area contributed by atoms with Crippen LogP contribution in [0, 0.1) is 3.57 Å². The number of nitrogens with one attached hydrogen (secondary N) is 2. The molecule has 0 saturated carbocycles. The second-order valence-electron chi connectivity index (χ2n) is 3.84. The van der Waals surface area contributed by atoms with Gasteiger partial charge in [0.1, 0.15) is 0 Å². The molecule has 1 aromatic carbocycles. The molecule has 0 unspecified atom stereocenters. The quantitative estimate of drug-likeness (QED) is 0.566. The highest BCUT2D eigenvalue weighted by Gasteiger charge is 2.31. The monoisotopic (exact) mass is 422 g/mol. The van der Waals surface area contributed by atoms with Crippen molar-refractivity contribution >= 4 is 40.9 Å². The third-order valence-electron chi connectivity index (χ3n) is 2.32. The number of likely N-dealkylation sites (N-methyl/N-ethyl adjacent to an activating group) is 1. The molecule has 0 aliphatic rings. The molecule has 1 aromatic rings. The van der Waals surface area contributed by atoms with Crippen LogP contribution in [0.5, 0.6) is 0 Å². The topological polar surface area (TPSA) is 41.1 Å². The van der Waals surface area contributed by atoms with Crippen LogP contribution >= 0.6 is 35.0 Å². The number of hydrogen-bond donors (Lipinski definition) is 2. The maximum Gasteiger partial charge on any atom is 0.416 e. The Hall–Kier alpha value is -0.540. The zero-order valence-electron chi connectivity index (χ0n) is 10.7. The van der Waals surface area contributed by atoms with Crippen molar-refractivity contribution in [3.05, 3.63) is 32.9 Å². The number of benzene rings is 1. The van der Waals surface area contributed by atoms with Gasteiger partial charge in [-0.05, 0) is 47.3 Å². The van der Waals surface area contributed by atoms with E-state index in [0.717, 1.165) is 18.7 Å². The van der Waals surface area contributed by atoms with E-state index in [2.05, 4.69) is 10.6 Å². The minimum absolute atomic E-state index is 0. The summed E-state index contributed by atoms with van der Waals surface area (Å²) in [7, 11) is 0. The van der Waals surface area contributed by atoms with E-state index in [9.17, 15) is 18.0 Å². The van der Waals surface area contributed by atoms with Crippen LogP contribution in [0.2, 0.25) is 0 Å². The normalized spacial score (nSPS) is 10.8. The van der Waals surface area contributed by atoms with Crippen LogP contribution in [0.1, 0.15) is 22.8 Å². The van der Waals surface area contributed by atoms with E-state index in [1.807, 2.05) is 6.92 Å². The molecule has 0 aromatic heterocycles. The van der Waals surface area contributed by atoms with Crippen LogP contribution < -0.4 is 10.6 Å². The molecule has 1 amide bonds. The first-order valence-electron chi connectivity index (χ1n) is 5.71. The lowest BCUT2D eigenvalue weighted by molar-refractivity contribution is -0.137. The molecule has 3 nitrogen and oxygen atoms in total. The Morgan fingerprint density at radius 2 is 1.90 bits per heavy atom. The van der Waals surface area contributed by atoms with Gasteiger partial charge in [0.25, 0.3) is 5.91 Å². The van der Waals surface area contributed by atoms with E-state index < -0.39 is 17.6 Å². The van der Waals surface area contributed by atoms with Crippen LogP contribution in [-0.2, 0) is 6.18 Å². The molecule has 20 heavy (non-hydrogen) atoms. The van der Waals surface area contributed by atoms with E-state index >= 15 is 0 Å². The molecule has 0 radical (unpaired) electrons. The number of carbonyl (C=O) groups is 1. The van der Waals surface area contributed by atoms with E-state index in [0.29, 0.717) is 16.7 Å². The van der Waals surface area contributed by atoms with Crippen molar-refractivity contribution in [1.82, 2.24) is 10.6 Å². The van der Waals surface area contributed by atoms with Gasteiger partial charge in [0.05, 0.1) is 5.56 Å². The Labute approximate surface area is 135 Å². The molecule has 0 saturated heterocycles. The second kappa shape index (κ2) is 8.68. The molecule has 0 heterocycles. The zero-order chi connectivity index (χ0) is 14.5. The van der Waals surface area contributed by atoms with Crippen molar-refractivity contribution in [1.29, 1.82) is 0 Å². The molecule has 0 aliphatic heterocycles. The molecule has 0 atom stereocenters. The number of alkyl halides is 3. The maximum atomic E-state index is 12.6. The molecule has 0 aliphatic carbocycles. The number of halogens is 5. The molecule has 0 spiro atoms. The van der Waals surface area contributed by atoms with Crippen molar-refractivity contribution in [2.45, 2.75) is 13.1 Å². The van der Waals surface area contributed by atoms with Gasteiger partial charge in [-0.1, -0.05) is 6.92 Å². The highest BCUT2D eigenvalue weighted by atomic mass is 127. The summed E-state index contributed by atoms with van der Waals surface area (Å²) < 4.78 is 38.2. The summed E-state index contributed by atoms with van der Waals surface area (Å²) in [4.78, 5) is 11.7. The lowest BCUT2D eigenvalue weighted by atomic mass is 10.1. The molecular formula is C12H15ClF3IN2O. The fraction of sp³-hybridized carbons (Fsp3) is 0.417. The molecular weight excluding hydrogens is 407 g/mol. The summed E-state index contributed by atoms with van der Waals surface area (Å²) in [6, 6.07) is 3.30. The summed E-state index contributed by atoms with van der Waals surface area (Å²) in [6.45, 7) is 3.66. The van der Waals surface area contributed by atoms with Crippen molar-refractivity contribution < 1.29 is 18.0 Å². The lowest BCUT2D eigenvalue weighted by Gasteiger charge is -2.10. The highest BCUT2D eigenvalue weighted by molar-refractivity contribution is 14.1. The predicted octanol–water partition coefficient (Wildman–Crippen LogP) is 3.07. The van der Waals surface area contributed by atoms with E-state index in [4.69, 9.17) is 0 Å². The van der Waals surface area contributed by atoms with E-state index in [1.54, 1.807) is 22.6 Å². The SMILES string of the molecule is CCNCCNC(=O)c1cc(I)cc(C(F)(F)F)c1.Cl. The molecule has 2 N–H and O–H groups in total. The highest BCUT2D eigenvalue weighted by Crippen LogP contribution is 2.31. The summed E-state index contributed by atoms with van der Waals surface area (Å²) >= 11 is 1.76. The van der Waals surface area contributed by atoms with Crippen molar-refractivity contribution in [3.8, 4) is 0 Å². The van der Waals surface area contributed by atoms with Gasteiger partial charge in [-0.3, -0.25) is 4.79 Å². The van der Waals surface area contributed by atoms with Gasteiger partial charge < -0.3 is 10.6 Å². The van der Waals surface area contributed by atoms with Crippen molar-refractivity contribution in [2.24, 2.45) is 0 Å². The zero-order valence-corrected chi connectivity index (χ0v) is 13.7. The number of amides is 1. The fourth-order valence-corrected chi connectivity index (χ4v) is 2.10. The Kier molecular flexibility index (Phi) is 8.45. The first-order chi connectivity index (χ1) is 8.84. The number of hydrogen-bond acceptors (Lipinski definition) is 2. The molecule has 0 bridgehead atoms. The van der Waals surface area contributed by atoms with Crippen LogP contribution in [0.3, 0.4) is 0 Å². The Balaban J connectivity index is 0.00000361. The Bertz CT molecular complexity index is 455. The van der Waals surface area contributed by atoms with Crippen LogP contribution in [0.15, 0.2) is 18.2 Å². The van der Waals surface area contributed by atoms with Gasteiger partial charge in [0, 0.05) is 22.2 Å². The van der Waals surface area contributed by atoms with E-state index in [-0.39, 0.29) is 18.0 Å². The van der Waals surface area contributed by atoms with Crippen molar-refractivity contribution in [2.75, 3.05) is 19.6 Å². The second-order valence-corrected chi connectivity index (χ2v) is 5.08. The molecule has 114 valence electrons. The summed E-state index contributed by atoms with van der Waals surface area (Å²) in [5.41, 5.74) is -0.785. The third kappa shape index (κ3) is 6.27. The first-order valence-corrected chi connectivity index (χ1v) is 6.79. The van der Waals surface area contributed by atoms with Gasteiger partial charge in [-0.25, -0.2) is 0 Å². The van der Waals surface area contributed by atoms with Gasteiger partial charge >= 0.3 is 6.18 Å². The predicted molar refractivity (Wildman–Crippen MR) is 82.3 cm³/mol. The third-order valence-corrected chi connectivity index (χ3v) is 2.95. The fourth-order valence-electron chi connectivity index (χ4n) is 1.43. The van der Waals surface area contributed by atoms with Gasteiger partial charge in [0.15, 0.2) is 0 Å². The molecule has 8 heteroatoms. The number of rotatable bonds is 5. The number of carbonyl (C=O) groups excluding carboxylic acids is 1. The average molecular weight is 423 g/mol. The van der Waals surface area contributed by atoms with Gasteiger partial charge in [-0.2, -0.15) is 13.2 Å². The summed E-state index contributed by atoms with van der Waals surface area (Å²) in [5, 5.41) is 5.57. The molecule has 1 rings (SSSR count). The summed E-state index contributed by atoms with van der Waals surface area (Å²) in [5.74, 6) is -0.498. The Morgan fingerprint density at radius 1 is 1.25 bits per heavy atom. The van der Waals surface area contributed by atoms with E-state index in [1.165, 1.54) is 6.07 Å². The maximum absolute atomic E-state index is 12.6. The van der Waals surface area contributed by atoms with Gasteiger partial charge in [0.2, 0.25) is 0 Å².